The van der Waals surface area contributed by atoms with Crippen LogP contribution in [0, 0.1) is 0 Å². The molecule has 2 atom stereocenters. The minimum absolute atomic E-state index is 0.0675. The molecule has 0 bridgehead atoms. The molecular weight excluding hydrogens is 268 g/mol. The largest absolute Gasteiger partial charge is 0.396 e. The van der Waals surface area contributed by atoms with Crippen LogP contribution in [-0.4, -0.2) is 36.3 Å². The summed E-state index contributed by atoms with van der Waals surface area (Å²) >= 11 is 0. The molecule has 2 rings (SSSR count). The minimum Gasteiger partial charge on any atom is -0.396 e. The molecule has 0 aromatic heterocycles. The number of hydrogen-bond acceptors (Lipinski definition) is 4. The van der Waals surface area contributed by atoms with Crippen molar-refractivity contribution < 1.29 is 19.3 Å². The second-order valence-corrected chi connectivity index (χ2v) is 5.95. The number of rotatable bonds is 7. The standard InChI is InChI=1S/C17H26O4/c1-17(2)20-15(8-10-18)12-16(21-17)9-11-19-13-14-6-4-3-5-7-14/h3-7,15-16,18H,8-13H2,1-2H3/t15-,16-/m1/s1. The van der Waals surface area contributed by atoms with Crippen molar-refractivity contribution in [3.63, 3.8) is 0 Å². The molecule has 21 heavy (non-hydrogen) atoms. The summed E-state index contributed by atoms with van der Waals surface area (Å²) in [6, 6.07) is 10.2. The molecule has 4 nitrogen and oxygen atoms in total. The topological polar surface area (TPSA) is 47.9 Å². The highest BCUT2D eigenvalue weighted by atomic mass is 16.7. The van der Waals surface area contributed by atoms with Gasteiger partial charge in [-0.15, -0.1) is 0 Å². The number of benzene rings is 1. The summed E-state index contributed by atoms with van der Waals surface area (Å²) in [6.07, 6.45) is 2.52. The van der Waals surface area contributed by atoms with E-state index >= 15 is 0 Å². The molecule has 0 spiro atoms. The van der Waals surface area contributed by atoms with Gasteiger partial charge in [-0.3, -0.25) is 0 Å². The van der Waals surface area contributed by atoms with Gasteiger partial charge in [-0.2, -0.15) is 0 Å². The molecule has 0 saturated carbocycles. The van der Waals surface area contributed by atoms with E-state index in [1.807, 2.05) is 32.0 Å². The molecule has 1 saturated heterocycles. The smallest absolute Gasteiger partial charge is 0.163 e. The lowest BCUT2D eigenvalue weighted by Crippen LogP contribution is -2.45. The van der Waals surface area contributed by atoms with Gasteiger partial charge in [-0.05, 0) is 32.3 Å². The lowest BCUT2D eigenvalue weighted by atomic mass is 10.0. The SMILES string of the molecule is CC1(C)O[C@H](CCO)C[C@@H](CCOCc2ccccc2)O1. The van der Waals surface area contributed by atoms with E-state index in [-0.39, 0.29) is 18.8 Å². The Morgan fingerprint density at radius 1 is 1.14 bits per heavy atom. The summed E-state index contributed by atoms with van der Waals surface area (Å²) < 4.78 is 17.4. The molecule has 0 aliphatic carbocycles. The molecule has 1 aliphatic heterocycles. The van der Waals surface area contributed by atoms with Crippen LogP contribution < -0.4 is 0 Å². The second-order valence-electron chi connectivity index (χ2n) is 5.95. The van der Waals surface area contributed by atoms with Crippen molar-refractivity contribution in [2.45, 2.75) is 57.7 Å². The molecule has 118 valence electrons. The summed E-state index contributed by atoms with van der Waals surface area (Å²) in [5.41, 5.74) is 1.18. The van der Waals surface area contributed by atoms with Crippen LogP contribution in [0.25, 0.3) is 0 Å². The van der Waals surface area contributed by atoms with Gasteiger partial charge in [0.25, 0.3) is 0 Å². The fourth-order valence-electron chi connectivity index (χ4n) is 2.70. The van der Waals surface area contributed by atoms with Gasteiger partial charge in [0, 0.05) is 19.6 Å². The highest BCUT2D eigenvalue weighted by molar-refractivity contribution is 5.13. The molecule has 1 fully saturated rings. The fourth-order valence-corrected chi connectivity index (χ4v) is 2.70. The first-order valence-electron chi connectivity index (χ1n) is 7.67. The normalized spacial score (nSPS) is 24.9. The Hall–Kier alpha value is -0.940. The van der Waals surface area contributed by atoms with E-state index in [9.17, 15) is 0 Å². The van der Waals surface area contributed by atoms with E-state index in [1.165, 1.54) is 5.56 Å². The van der Waals surface area contributed by atoms with Gasteiger partial charge >= 0.3 is 0 Å². The van der Waals surface area contributed by atoms with Crippen molar-refractivity contribution in [1.29, 1.82) is 0 Å². The summed E-state index contributed by atoms with van der Waals surface area (Å²) in [6.45, 7) is 5.30. The quantitative estimate of drug-likeness (QED) is 0.786. The average molecular weight is 294 g/mol. The Morgan fingerprint density at radius 2 is 1.81 bits per heavy atom. The van der Waals surface area contributed by atoms with E-state index in [0.29, 0.717) is 19.6 Å². The van der Waals surface area contributed by atoms with Gasteiger partial charge in [0.05, 0.1) is 18.8 Å². The molecule has 4 heteroatoms. The Labute approximate surface area is 127 Å². The zero-order chi connectivity index (χ0) is 15.1. The van der Waals surface area contributed by atoms with Gasteiger partial charge in [-0.1, -0.05) is 30.3 Å². The van der Waals surface area contributed by atoms with Crippen molar-refractivity contribution in [3.8, 4) is 0 Å². The van der Waals surface area contributed by atoms with Crippen LogP contribution >= 0.6 is 0 Å². The molecule has 1 heterocycles. The maximum Gasteiger partial charge on any atom is 0.163 e. The third-order valence-corrected chi connectivity index (χ3v) is 3.57. The molecular formula is C17H26O4. The van der Waals surface area contributed by atoms with Gasteiger partial charge < -0.3 is 19.3 Å². The van der Waals surface area contributed by atoms with E-state index in [4.69, 9.17) is 19.3 Å². The van der Waals surface area contributed by atoms with E-state index in [1.54, 1.807) is 0 Å². The van der Waals surface area contributed by atoms with Crippen molar-refractivity contribution in [3.05, 3.63) is 35.9 Å². The highest BCUT2D eigenvalue weighted by Crippen LogP contribution is 2.29. The molecule has 0 radical (unpaired) electrons. The third kappa shape index (κ3) is 5.75. The van der Waals surface area contributed by atoms with Crippen LogP contribution in [0.1, 0.15) is 38.7 Å². The monoisotopic (exact) mass is 294 g/mol. The molecule has 1 aromatic carbocycles. The van der Waals surface area contributed by atoms with Crippen LogP contribution in [0.4, 0.5) is 0 Å². The molecule has 1 aromatic rings. The predicted octanol–water partition coefficient (Wildman–Crippen LogP) is 2.89. The Bertz CT molecular complexity index is 405. The van der Waals surface area contributed by atoms with E-state index in [2.05, 4.69) is 12.1 Å². The van der Waals surface area contributed by atoms with Crippen LogP contribution in [0.15, 0.2) is 30.3 Å². The summed E-state index contributed by atoms with van der Waals surface area (Å²) in [5, 5.41) is 9.07. The van der Waals surface area contributed by atoms with E-state index < -0.39 is 5.79 Å². The number of aliphatic hydroxyl groups excluding tert-OH is 1. The van der Waals surface area contributed by atoms with E-state index in [0.717, 1.165) is 12.8 Å². The van der Waals surface area contributed by atoms with Crippen LogP contribution in [-0.2, 0) is 20.8 Å². The average Bonchev–Trinajstić information content (AvgIpc) is 2.43. The zero-order valence-corrected chi connectivity index (χ0v) is 13.0. The summed E-state index contributed by atoms with van der Waals surface area (Å²) in [4.78, 5) is 0. The van der Waals surface area contributed by atoms with Gasteiger partial charge in [-0.25, -0.2) is 0 Å². The Kier molecular flexibility index (Phi) is 6.18. The first-order chi connectivity index (χ1) is 10.1. The molecule has 0 unspecified atom stereocenters. The maximum atomic E-state index is 9.07. The third-order valence-electron chi connectivity index (χ3n) is 3.57. The zero-order valence-electron chi connectivity index (χ0n) is 13.0. The van der Waals surface area contributed by atoms with Crippen LogP contribution in [0.3, 0.4) is 0 Å². The highest BCUT2D eigenvalue weighted by Gasteiger charge is 2.34. The van der Waals surface area contributed by atoms with Gasteiger partial charge in [0.2, 0.25) is 0 Å². The van der Waals surface area contributed by atoms with Crippen molar-refractivity contribution in [2.75, 3.05) is 13.2 Å². The first-order valence-corrected chi connectivity index (χ1v) is 7.67. The molecule has 1 aliphatic rings. The second kappa shape index (κ2) is 7.90. The number of ether oxygens (including phenoxy) is 3. The van der Waals surface area contributed by atoms with Crippen molar-refractivity contribution in [2.24, 2.45) is 0 Å². The lowest BCUT2D eigenvalue weighted by Gasteiger charge is -2.40. The van der Waals surface area contributed by atoms with Crippen molar-refractivity contribution >= 4 is 0 Å². The van der Waals surface area contributed by atoms with Crippen LogP contribution in [0.5, 0.6) is 0 Å². The van der Waals surface area contributed by atoms with Crippen LogP contribution in [0.2, 0.25) is 0 Å². The fraction of sp³-hybridized carbons (Fsp3) is 0.647. The molecule has 1 N–H and O–H groups in total. The number of aliphatic hydroxyl groups is 1. The minimum atomic E-state index is -0.581. The first kappa shape index (κ1) is 16.4. The Balaban J connectivity index is 1.71. The van der Waals surface area contributed by atoms with Gasteiger partial charge in [0.15, 0.2) is 5.79 Å². The maximum absolute atomic E-state index is 9.07. The van der Waals surface area contributed by atoms with Gasteiger partial charge in [0.1, 0.15) is 0 Å². The lowest BCUT2D eigenvalue weighted by molar-refractivity contribution is -0.302. The predicted molar refractivity (Wildman–Crippen MR) is 80.9 cm³/mol. The number of hydrogen-bond donors (Lipinski definition) is 1. The summed E-state index contributed by atoms with van der Waals surface area (Å²) in [5.74, 6) is -0.581. The van der Waals surface area contributed by atoms with Crippen molar-refractivity contribution in [1.82, 2.24) is 0 Å². The Morgan fingerprint density at radius 3 is 2.48 bits per heavy atom. The summed E-state index contributed by atoms with van der Waals surface area (Å²) in [7, 11) is 0. The molecule has 0 amide bonds.